The van der Waals surface area contributed by atoms with Crippen molar-refractivity contribution < 1.29 is 0 Å². The molecule has 3 rings (SSSR count). The van der Waals surface area contributed by atoms with E-state index in [1.54, 1.807) is 4.68 Å². The van der Waals surface area contributed by atoms with E-state index < -0.39 is 0 Å². The molecule has 1 atom stereocenters. The second-order valence-corrected chi connectivity index (χ2v) is 5.72. The SMILES string of the molecule is Cn1cc(CN2CCNC(C)(c3ccccc3)C2)nn1. The van der Waals surface area contributed by atoms with Crippen molar-refractivity contribution in [2.75, 3.05) is 19.6 Å². The zero-order valence-electron chi connectivity index (χ0n) is 12.1. The van der Waals surface area contributed by atoms with Gasteiger partial charge in [0.05, 0.1) is 11.2 Å². The highest BCUT2D eigenvalue weighted by atomic mass is 15.4. The van der Waals surface area contributed by atoms with Crippen LogP contribution in [0.5, 0.6) is 0 Å². The topological polar surface area (TPSA) is 46.0 Å². The van der Waals surface area contributed by atoms with Crippen LogP contribution in [0.15, 0.2) is 36.5 Å². The zero-order chi connectivity index (χ0) is 14.0. The summed E-state index contributed by atoms with van der Waals surface area (Å²) in [4.78, 5) is 2.44. The van der Waals surface area contributed by atoms with Crippen LogP contribution in [-0.4, -0.2) is 39.5 Å². The van der Waals surface area contributed by atoms with Gasteiger partial charge >= 0.3 is 0 Å². The van der Waals surface area contributed by atoms with E-state index in [2.05, 4.69) is 57.8 Å². The number of aromatic nitrogens is 3. The molecule has 1 aliphatic heterocycles. The fourth-order valence-electron chi connectivity index (χ4n) is 2.90. The molecule has 20 heavy (non-hydrogen) atoms. The van der Waals surface area contributed by atoms with Crippen molar-refractivity contribution in [3.05, 3.63) is 47.8 Å². The number of rotatable bonds is 3. The highest BCUT2D eigenvalue weighted by Gasteiger charge is 2.32. The lowest BCUT2D eigenvalue weighted by Crippen LogP contribution is -2.56. The van der Waals surface area contributed by atoms with E-state index in [-0.39, 0.29) is 5.54 Å². The molecule has 2 aromatic rings. The van der Waals surface area contributed by atoms with Gasteiger partial charge in [-0.1, -0.05) is 35.5 Å². The minimum atomic E-state index is 0.00171. The van der Waals surface area contributed by atoms with Gasteiger partial charge < -0.3 is 5.32 Å². The summed E-state index contributed by atoms with van der Waals surface area (Å²) >= 11 is 0. The Morgan fingerprint density at radius 3 is 2.80 bits per heavy atom. The Morgan fingerprint density at radius 1 is 1.30 bits per heavy atom. The fraction of sp³-hybridized carbons (Fsp3) is 0.467. The molecule has 0 saturated carbocycles. The summed E-state index contributed by atoms with van der Waals surface area (Å²) in [6, 6.07) is 10.7. The Kier molecular flexibility index (Phi) is 3.54. The second kappa shape index (κ2) is 5.34. The highest BCUT2D eigenvalue weighted by molar-refractivity contribution is 5.25. The van der Waals surface area contributed by atoms with E-state index in [1.165, 1.54) is 5.56 Å². The average molecular weight is 271 g/mol. The summed E-state index contributed by atoms with van der Waals surface area (Å²) in [5, 5.41) is 11.8. The molecule has 0 spiro atoms. The fourth-order valence-corrected chi connectivity index (χ4v) is 2.90. The number of benzene rings is 1. The number of nitrogens with one attached hydrogen (secondary N) is 1. The number of piperazine rings is 1. The quantitative estimate of drug-likeness (QED) is 0.909. The van der Waals surface area contributed by atoms with E-state index in [9.17, 15) is 0 Å². The summed E-state index contributed by atoms with van der Waals surface area (Å²) in [6.45, 7) is 6.14. The molecule has 1 aromatic heterocycles. The molecule has 1 unspecified atom stereocenters. The Balaban J connectivity index is 1.73. The first-order valence-electron chi connectivity index (χ1n) is 7.04. The van der Waals surface area contributed by atoms with Crippen LogP contribution < -0.4 is 5.32 Å². The molecule has 0 bridgehead atoms. The predicted octanol–water partition coefficient (Wildman–Crippen LogP) is 1.14. The maximum atomic E-state index is 4.18. The van der Waals surface area contributed by atoms with Crippen LogP contribution in [0.4, 0.5) is 0 Å². The molecular formula is C15H21N5. The monoisotopic (exact) mass is 271 g/mol. The van der Waals surface area contributed by atoms with E-state index in [0.29, 0.717) is 0 Å². The van der Waals surface area contributed by atoms with Crippen molar-refractivity contribution in [1.29, 1.82) is 0 Å². The van der Waals surface area contributed by atoms with Crippen molar-refractivity contribution >= 4 is 0 Å². The number of aryl methyl sites for hydroxylation is 1. The Hall–Kier alpha value is -1.72. The number of hydrogen-bond donors (Lipinski definition) is 1. The standard InChI is InChI=1S/C15H21N5/c1-15(13-6-4-3-5-7-13)12-20(9-8-16-15)11-14-10-19(2)18-17-14/h3-7,10,16H,8-9,11-12H2,1-2H3. The van der Waals surface area contributed by atoms with E-state index in [1.807, 2.05) is 13.2 Å². The molecule has 5 nitrogen and oxygen atoms in total. The van der Waals surface area contributed by atoms with Gasteiger partial charge in [-0.2, -0.15) is 0 Å². The van der Waals surface area contributed by atoms with E-state index in [4.69, 9.17) is 0 Å². The van der Waals surface area contributed by atoms with E-state index >= 15 is 0 Å². The van der Waals surface area contributed by atoms with Gasteiger partial charge in [0.1, 0.15) is 0 Å². The number of hydrogen-bond acceptors (Lipinski definition) is 4. The molecular weight excluding hydrogens is 250 g/mol. The van der Waals surface area contributed by atoms with Crippen LogP contribution in [0.25, 0.3) is 0 Å². The third-order valence-electron chi connectivity index (χ3n) is 3.93. The van der Waals surface area contributed by atoms with E-state index in [0.717, 1.165) is 31.9 Å². The lowest BCUT2D eigenvalue weighted by Gasteiger charge is -2.41. The molecule has 0 amide bonds. The van der Waals surface area contributed by atoms with Crippen LogP contribution in [0.1, 0.15) is 18.2 Å². The van der Waals surface area contributed by atoms with Crippen molar-refractivity contribution in [2.24, 2.45) is 7.05 Å². The maximum Gasteiger partial charge on any atom is 0.0967 e. The van der Waals surface area contributed by atoms with Crippen LogP contribution in [-0.2, 0) is 19.1 Å². The van der Waals surface area contributed by atoms with Gasteiger partial charge in [-0.3, -0.25) is 9.58 Å². The van der Waals surface area contributed by atoms with Crippen LogP contribution in [0.2, 0.25) is 0 Å². The van der Waals surface area contributed by atoms with Gasteiger partial charge in [0.2, 0.25) is 0 Å². The zero-order valence-corrected chi connectivity index (χ0v) is 12.1. The molecule has 1 aromatic carbocycles. The van der Waals surface area contributed by atoms with Gasteiger partial charge in [-0.15, -0.1) is 5.10 Å². The molecule has 0 radical (unpaired) electrons. The maximum absolute atomic E-state index is 4.18. The highest BCUT2D eigenvalue weighted by Crippen LogP contribution is 2.24. The lowest BCUT2D eigenvalue weighted by atomic mass is 9.89. The largest absolute Gasteiger partial charge is 0.305 e. The summed E-state index contributed by atoms with van der Waals surface area (Å²) in [5.41, 5.74) is 2.37. The van der Waals surface area contributed by atoms with Crippen molar-refractivity contribution in [1.82, 2.24) is 25.2 Å². The molecule has 2 heterocycles. The van der Waals surface area contributed by atoms with Gasteiger partial charge in [0.15, 0.2) is 0 Å². The van der Waals surface area contributed by atoms with Crippen LogP contribution in [0.3, 0.4) is 0 Å². The molecule has 1 N–H and O–H groups in total. The summed E-state index contributed by atoms with van der Waals surface area (Å²) < 4.78 is 1.76. The molecule has 106 valence electrons. The number of nitrogens with zero attached hydrogens (tertiary/aromatic N) is 4. The first-order valence-corrected chi connectivity index (χ1v) is 7.04. The van der Waals surface area contributed by atoms with Gasteiger partial charge in [0.25, 0.3) is 0 Å². The van der Waals surface area contributed by atoms with Crippen LogP contribution in [0, 0.1) is 0 Å². The van der Waals surface area contributed by atoms with Crippen LogP contribution >= 0.6 is 0 Å². The van der Waals surface area contributed by atoms with Crippen molar-refractivity contribution in [2.45, 2.75) is 19.0 Å². The molecule has 1 fully saturated rings. The Bertz CT molecular complexity index is 565. The predicted molar refractivity (Wildman–Crippen MR) is 78.1 cm³/mol. The van der Waals surface area contributed by atoms with Crippen molar-refractivity contribution in [3.8, 4) is 0 Å². The summed E-state index contributed by atoms with van der Waals surface area (Å²) in [7, 11) is 1.91. The van der Waals surface area contributed by atoms with Gasteiger partial charge in [-0.05, 0) is 12.5 Å². The minimum Gasteiger partial charge on any atom is -0.305 e. The summed E-state index contributed by atoms with van der Waals surface area (Å²) in [5.74, 6) is 0. The van der Waals surface area contributed by atoms with Gasteiger partial charge in [0, 0.05) is 39.4 Å². The van der Waals surface area contributed by atoms with Gasteiger partial charge in [-0.25, -0.2) is 0 Å². The summed E-state index contributed by atoms with van der Waals surface area (Å²) in [6.07, 6.45) is 1.99. The lowest BCUT2D eigenvalue weighted by molar-refractivity contribution is 0.135. The average Bonchev–Trinajstić information content (AvgIpc) is 2.85. The Labute approximate surface area is 119 Å². The second-order valence-electron chi connectivity index (χ2n) is 5.72. The Morgan fingerprint density at radius 2 is 2.10 bits per heavy atom. The first-order chi connectivity index (χ1) is 9.66. The molecule has 1 saturated heterocycles. The molecule has 5 heteroatoms. The first kappa shape index (κ1) is 13.3. The third kappa shape index (κ3) is 2.73. The van der Waals surface area contributed by atoms with Crippen molar-refractivity contribution in [3.63, 3.8) is 0 Å². The minimum absolute atomic E-state index is 0.00171. The molecule has 1 aliphatic rings. The normalized spacial score (nSPS) is 23.9. The smallest absolute Gasteiger partial charge is 0.0967 e. The molecule has 0 aliphatic carbocycles. The third-order valence-corrected chi connectivity index (χ3v) is 3.93.